The van der Waals surface area contributed by atoms with Gasteiger partial charge in [0.2, 0.25) is 11.8 Å². The lowest BCUT2D eigenvalue weighted by atomic mass is 10.2. The molecule has 0 saturated carbocycles. The van der Waals surface area contributed by atoms with Gasteiger partial charge in [0, 0.05) is 30.4 Å². The number of hydrogen-bond acceptors (Lipinski definition) is 2. The van der Waals surface area contributed by atoms with Gasteiger partial charge in [-0.05, 0) is 42.3 Å². The van der Waals surface area contributed by atoms with Crippen LogP contribution < -0.4 is 10.2 Å². The smallest absolute Gasteiger partial charge is 0.248 e. The van der Waals surface area contributed by atoms with Crippen LogP contribution in [0, 0.1) is 0 Å². The lowest BCUT2D eigenvalue weighted by molar-refractivity contribution is -0.117. The zero-order valence-corrected chi connectivity index (χ0v) is 12.7. The minimum atomic E-state index is -0.171. The molecule has 1 fully saturated rings. The summed E-state index contributed by atoms with van der Waals surface area (Å²) in [5.74, 6) is 0.00512. The highest BCUT2D eigenvalue weighted by Gasteiger charge is 2.21. The third-order valence-electron chi connectivity index (χ3n) is 3.75. The maximum absolute atomic E-state index is 11.9. The summed E-state index contributed by atoms with van der Waals surface area (Å²) in [5.41, 5.74) is 2.60. The first-order valence-electron chi connectivity index (χ1n) is 7.67. The Morgan fingerprint density at radius 2 is 1.78 bits per heavy atom. The van der Waals surface area contributed by atoms with Gasteiger partial charge in [-0.25, -0.2) is 0 Å². The molecule has 1 heterocycles. The summed E-state index contributed by atoms with van der Waals surface area (Å²) >= 11 is 0. The molecule has 3 rings (SSSR count). The van der Waals surface area contributed by atoms with Crippen molar-refractivity contribution in [2.75, 3.05) is 16.8 Å². The number of carbonyl (C=O) groups is 2. The van der Waals surface area contributed by atoms with Gasteiger partial charge in [0.25, 0.3) is 0 Å². The number of nitrogens with zero attached hydrogens (tertiary/aromatic N) is 1. The van der Waals surface area contributed by atoms with E-state index in [-0.39, 0.29) is 11.8 Å². The van der Waals surface area contributed by atoms with Crippen LogP contribution in [0.3, 0.4) is 0 Å². The van der Waals surface area contributed by atoms with Crippen LogP contribution in [0.5, 0.6) is 0 Å². The van der Waals surface area contributed by atoms with Crippen LogP contribution in [-0.2, 0) is 9.59 Å². The Morgan fingerprint density at radius 3 is 2.43 bits per heavy atom. The van der Waals surface area contributed by atoms with Gasteiger partial charge in [-0.15, -0.1) is 0 Å². The van der Waals surface area contributed by atoms with E-state index in [4.69, 9.17) is 0 Å². The maximum Gasteiger partial charge on any atom is 0.248 e. The van der Waals surface area contributed by atoms with Crippen molar-refractivity contribution in [2.24, 2.45) is 0 Å². The topological polar surface area (TPSA) is 49.4 Å². The highest BCUT2D eigenvalue weighted by molar-refractivity contribution is 6.02. The van der Waals surface area contributed by atoms with Gasteiger partial charge in [0.1, 0.15) is 0 Å². The Bertz CT molecular complexity index is 721. The number of hydrogen-bond donors (Lipinski definition) is 1. The molecule has 4 nitrogen and oxygen atoms in total. The summed E-state index contributed by atoms with van der Waals surface area (Å²) in [4.78, 5) is 25.4. The molecule has 0 unspecified atom stereocenters. The predicted octanol–water partition coefficient (Wildman–Crippen LogP) is 3.47. The van der Waals surface area contributed by atoms with Crippen LogP contribution in [-0.4, -0.2) is 18.4 Å². The summed E-state index contributed by atoms with van der Waals surface area (Å²) in [5, 5.41) is 2.80. The van der Waals surface area contributed by atoms with E-state index in [0.29, 0.717) is 6.42 Å². The average molecular weight is 306 g/mol. The van der Waals surface area contributed by atoms with Crippen molar-refractivity contribution in [1.29, 1.82) is 0 Å². The predicted molar refractivity (Wildman–Crippen MR) is 92.1 cm³/mol. The molecule has 0 aromatic heterocycles. The molecule has 23 heavy (non-hydrogen) atoms. The number of rotatable bonds is 4. The molecule has 2 aromatic carbocycles. The van der Waals surface area contributed by atoms with Gasteiger partial charge in [-0.2, -0.15) is 0 Å². The third kappa shape index (κ3) is 3.86. The van der Waals surface area contributed by atoms with Crippen LogP contribution in [0.2, 0.25) is 0 Å². The molecule has 4 heteroatoms. The quantitative estimate of drug-likeness (QED) is 0.879. The highest BCUT2D eigenvalue weighted by atomic mass is 16.2. The first kappa shape index (κ1) is 15.0. The monoisotopic (exact) mass is 306 g/mol. The number of carbonyl (C=O) groups excluding carboxylic acids is 2. The summed E-state index contributed by atoms with van der Waals surface area (Å²) in [6.07, 6.45) is 4.80. The summed E-state index contributed by atoms with van der Waals surface area (Å²) in [6.45, 7) is 0.785. The molecule has 116 valence electrons. The van der Waals surface area contributed by atoms with E-state index in [0.717, 1.165) is 29.9 Å². The number of amides is 2. The van der Waals surface area contributed by atoms with Gasteiger partial charge in [0.05, 0.1) is 0 Å². The van der Waals surface area contributed by atoms with Crippen molar-refractivity contribution < 1.29 is 9.59 Å². The first-order chi connectivity index (χ1) is 11.2. The molecular weight excluding hydrogens is 288 g/mol. The zero-order valence-electron chi connectivity index (χ0n) is 12.7. The van der Waals surface area contributed by atoms with Crippen molar-refractivity contribution in [2.45, 2.75) is 12.8 Å². The number of para-hydroxylation sites is 1. The van der Waals surface area contributed by atoms with Crippen LogP contribution in [0.15, 0.2) is 60.7 Å². The summed E-state index contributed by atoms with van der Waals surface area (Å²) in [7, 11) is 0. The second-order valence-corrected chi connectivity index (χ2v) is 5.43. The normalized spacial score (nSPS) is 14.4. The first-order valence-corrected chi connectivity index (χ1v) is 7.67. The van der Waals surface area contributed by atoms with Gasteiger partial charge >= 0.3 is 0 Å². The average Bonchev–Trinajstić information content (AvgIpc) is 3.00. The van der Waals surface area contributed by atoms with Gasteiger partial charge in [0.15, 0.2) is 0 Å². The Morgan fingerprint density at radius 1 is 1.04 bits per heavy atom. The van der Waals surface area contributed by atoms with Crippen molar-refractivity contribution in [3.8, 4) is 0 Å². The molecule has 1 saturated heterocycles. The minimum absolute atomic E-state index is 0.171. The van der Waals surface area contributed by atoms with E-state index < -0.39 is 0 Å². The van der Waals surface area contributed by atoms with E-state index in [1.807, 2.05) is 54.6 Å². The number of nitrogens with one attached hydrogen (secondary N) is 1. The van der Waals surface area contributed by atoms with Crippen LogP contribution in [0.4, 0.5) is 11.4 Å². The van der Waals surface area contributed by atoms with Crippen molar-refractivity contribution >= 4 is 29.3 Å². The van der Waals surface area contributed by atoms with E-state index in [9.17, 15) is 9.59 Å². The van der Waals surface area contributed by atoms with Crippen LogP contribution in [0.1, 0.15) is 18.4 Å². The molecule has 1 aliphatic rings. The fourth-order valence-electron chi connectivity index (χ4n) is 2.56. The SMILES string of the molecule is O=C(/C=C/c1ccc(N2CCCC2=O)cc1)Nc1ccccc1. The summed E-state index contributed by atoms with van der Waals surface area (Å²) in [6, 6.07) is 17.0. The molecule has 0 bridgehead atoms. The maximum atomic E-state index is 11.9. The Labute approximate surface area is 135 Å². The fraction of sp³-hybridized carbons (Fsp3) is 0.158. The van der Waals surface area contributed by atoms with E-state index in [1.165, 1.54) is 6.08 Å². The number of benzene rings is 2. The Kier molecular flexibility index (Phi) is 4.52. The molecular formula is C19H18N2O2. The largest absolute Gasteiger partial charge is 0.323 e. The molecule has 0 radical (unpaired) electrons. The molecule has 0 spiro atoms. The Hall–Kier alpha value is -2.88. The van der Waals surface area contributed by atoms with Crippen molar-refractivity contribution in [1.82, 2.24) is 0 Å². The van der Waals surface area contributed by atoms with Crippen LogP contribution >= 0.6 is 0 Å². The Balaban J connectivity index is 1.61. The third-order valence-corrected chi connectivity index (χ3v) is 3.75. The molecule has 2 aromatic rings. The standard InChI is InChI=1S/C19H18N2O2/c22-18(20-16-5-2-1-3-6-16)13-10-15-8-11-17(12-9-15)21-14-4-7-19(21)23/h1-3,5-6,8-13H,4,7,14H2,(H,20,22)/b13-10+. The fourth-order valence-corrected chi connectivity index (χ4v) is 2.56. The zero-order chi connectivity index (χ0) is 16.1. The minimum Gasteiger partial charge on any atom is -0.323 e. The molecule has 2 amide bonds. The van der Waals surface area contributed by atoms with Crippen LogP contribution in [0.25, 0.3) is 6.08 Å². The van der Waals surface area contributed by atoms with Crippen molar-refractivity contribution in [3.63, 3.8) is 0 Å². The molecule has 1 N–H and O–H groups in total. The number of anilines is 2. The van der Waals surface area contributed by atoms with E-state index >= 15 is 0 Å². The van der Waals surface area contributed by atoms with E-state index in [1.54, 1.807) is 11.0 Å². The lowest BCUT2D eigenvalue weighted by Gasteiger charge is -2.15. The van der Waals surface area contributed by atoms with Gasteiger partial charge in [-0.3, -0.25) is 9.59 Å². The summed E-state index contributed by atoms with van der Waals surface area (Å²) < 4.78 is 0. The van der Waals surface area contributed by atoms with Crippen molar-refractivity contribution in [3.05, 3.63) is 66.2 Å². The van der Waals surface area contributed by atoms with E-state index in [2.05, 4.69) is 5.32 Å². The second-order valence-electron chi connectivity index (χ2n) is 5.43. The van der Waals surface area contributed by atoms with Gasteiger partial charge in [-0.1, -0.05) is 30.3 Å². The molecule has 1 aliphatic heterocycles. The highest BCUT2D eigenvalue weighted by Crippen LogP contribution is 2.21. The second kappa shape index (κ2) is 6.92. The molecule has 0 aliphatic carbocycles. The molecule has 0 atom stereocenters. The van der Waals surface area contributed by atoms with Gasteiger partial charge < -0.3 is 10.2 Å². The lowest BCUT2D eigenvalue weighted by Crippen LogP contribution is -2.23.